The standard InChI is InChI=1S/C8H6BN3O/c1-5-11-7-4-10-3-2-6(7)8(13)12(5)9/h2-4H,1H3. The van der Waals surface area contributed by atoms with Crippen LogP contribution in [0.5, 0.6) is 0 Å². The molecule has 0 amide bonds. The van der Waals surface area contributed by atoms with Crippen molar-refractivity contribution in [3.05, 3.63) is 34.6 Å². The van der Waals surface area contributed by atoms with Crippen LogP contribution in [0.3, 0.4) is 0 Å². The van der Waals surface area contributed by atoms with Crippen LogP contribution in [0.4, 0.5) is 0 Å². The zero-order valence-corrected chi connectivity index (χ0v) is 7.06. The number of fused-ring (bicyclic) bond motifs is 1. The van der Waals surface area contributed by atoms with Crippen molar-refractivity contribution in [2.75, 3.05) is 0 Å². The molecule has 0 unspecified atom stereocenters. The number of hydrogen-bond donors (Lipinski definition) is 0. The first-order valence-corrected chi connectivity index (χ1v) is 3.78. The second-order valence-corrected chi connectivity index (χ2v) is 2.73. The summed E-state index contributed by atoms with van der Waals surface area (Å²) in [6.07, 6.45) is 3.09. The molecule has 0 spiro atoms. The summed E-state index contributed by atoms with van der Waals surface area (Å²) in [6, 6.07) is 1.60. The van der Waals surface area contributed by atoms with Crippen molar-refractivity contribution in [2.24, 2.45) is 0 Å². The summed E-state index contributed by atoms with van der Waals surface area (Å²) in [5, 5.41) is 0.489. The van der Waals surface area contributed by atoms with Crippen molar-refractivity contribution in [1.82, 2.24) is 14.4 Å². The molecule has 4 nitrogen and oxygen atoms in total. The number of pyridine rings is 1. The molecule has 0 aliphatic heterocycles. The Labute approximate surface area is 75.7 Å². The highest BCUT2D eigenvalue weighted by molar-refractivity contribution is 6.07. The molecule has 0 bridgehead atoms. The molecule has 2 radical (unpaired) electrons. The highest BCUT2D eigenvalue weighted by Gasteiger charge is 2.02. The number of rotatable bonds is 0. The van der Waals surface area contributed by atoms with Gasteiger partial charge in [0.15, 0.2) is 0 Å². The Morgan fingerprint density at radius 2 is 2.31 bits per heavy atom. The van der Waals surface area contributed by atoms with Gasteiger partial charge in [0.2, 0.25) is 13.5 Å². The lowest BCUT2D eigenvalue weighted by Gasteiger charge is -2.03. The minimum Gasteiger partial charge on any atom is -0.354 e. The number of aromatic nitrogens is 3. The maximum Gasteiger partial charge on any atom is 0.248 e. The lowest BCUT2D eigenvalue weighted by atomic mass is 10.2. The van der Waals surface area contributed by atoms with Crippen LogP contribution in [0, 0.1) is 6.92 Å². The van der Waals surface area contributed by atoms with E-state index in [1.54, 1.807) is 25.4 Å². The van der Waals surface area contributed by atoms with E-state index in [1.165, 1.54) is 0 Å². The van der Waals surface area contributed by atoms with Gasteiger partial charge in [-0.25, -0.2) is 4.98 Å². The Morgan fingerprint density at radius 1 is 1.54 bits per heavy atom. The topological polar surface area (TPSA) is 47.8 Å². The van der Waals surface area contributed by atoms with Crippen LogP contribution in [0.25, 0.3) is 10.9 Å². The van der Waals surface area contributed by atoms with Crippen LogP contribution in [0.1, 0.15) is 5.82 Å². The molecule has 0 atom stereocenters. The molecule has 62 valence electrons. The van der Waals surface area contributed by atoms with Crippen LogP contribution in [-0.2, 0) is 0 Å². The molecule has 0 N–H and O–H groups in total. The lowest BCUT2D eigenvalue weighted by Crippen LogP contribution is -2.22. The van der Waals surface area contributed by atoms with Gasteiger partial charge in [-0.3, -0.25) is 9.78 Å². The predicted octanol–water partition coefficient (Wildman–Crippen LogP) is 0.0315. The smallest absolute Gasteiger partial charge is 0.248 e. The summed E-state index contributed by atoms with van der Waals surface area (Å²) in [5.74, 6) is 0.477. The Bertz CT molecular complexity index is 520. The number of hydrogen-bond acceptors (Lipinski definition) is 3. The first kappa shape index (κ1) is 7.98. The van der Waals surface area contributed by atoms with Gasteiger partial charge in [0.1, 0.15) is 0 Å². The van der Waals surface area contributed by atoms with E-state index in [0.717, 1.165) is 4.48 Å². The summed E-state index contributed by atoms with van der Waals surface area (Å²) in [6.45, 7) is 1.67. The van der Waals surface area contributed by atoms with Crippen molar-refractivity contribution in [3.63, 3.8) is 0 Å². The van der Waals surface area contributed by atoms with Crippen molar-refractivity contribution >= 4 is 18.9 Å². The normalized spacial score (nSPS) is 10.5. The van der Waals surface area contributed by atoms with Gasteiger partial charge in [0.25, 0.3) is 0 Å². The van der Waals surface area contributed by atoms with Crippen molar-refractivity contribution in [2.45, 2.75) is 6.92 Å². The molecule has 0 aliphatic rings. The molecular formula is C8H6BN3O. The summed E-state index contributed by atoms with van der Waals surface area (Å²) in [4.78, 5) is 19.5. The molecule has 13 heavy (non-hydrogen) atoms. The fourth-order valence-corrected chi connectivity index (χ4v) is 1.16. The maximum absolute atomic E-state index is 11.5. The van der Waals surface area contributed by atoms with E-state index >= 15 is 0 Å². The lowest BCUT2D eigenvalue weighted by molar-refractivity contribution is 0.983. The highest BCUT2D eigenvalue weighted by atomic mass is 16.1. The summed E-state index contributed by atoms with van der Waals surface area (Å²) < 4.78 is 1.03. The minimum absolute atomic E-state index is 0.245. The highest BCUT2D eigenvalue weighted by Crippen LogP contribution is 2.03. The molecule has 5 heteroatoms. The fraction of sp³-hybridized carbons (Fsp3) is 0.125. The minimum atomic E-state index is -0.245. The van der Waals surface area contributed by atoms with E-state index in [2.05, 4.69) is 9.97 Å². The Morgan fingerprint density at radius 3 is 3.08 bits per heavy atom. The van der Waals surface area contributed by atoms with Gasteiger partial charge < -0.3 is 4.48 Å². The van der Waals surface area contributed by atoms with Crippen LogP contribution >= 0.6 is 0 Å². The van der Waals surface area contributed by atoms with Gasteiger partial charge in [-0.15, -0.1) is 0 Å². The average molecular weight is 171 g/mol. The fourth-order valence-electron chi connectivity index (χ4n) is 1.16. The third-order valence-corrected chi connectivity index (χ3v) is 1.88. The Hall–Kier alpha value is -1.65. The zero-order chi connectivity index (χ0) is 9.42. The summed E-state index contributed by atoms with van der Waals surface area (Å²) in [7, 11) is 5.47. The van der Waals surface area contributed by atoms with E-state index in [-0.39, 0.29) is 5.56 Å². The zero-order valence-electron chi connectivity index (χ0n) is 7.06. The first-order valence-electron chi connectivity index (χ1n) is 3.78. The molecule has 2 rings (SSSR count). The van der Waals surface area contributed by atoms with Crippen molar-refractivity contribution in [1.29, 1.82) is 0 Å². The van der Waals surface area contributed by atoms with Gasteiger partial charge in [-0.2, -0.15) is 0 Å². The summed E-state index contributed by atoms with van der Waals surface area (Å²) in [5.41, 5.74) is 0.330. The molecule has 2 aromatic rings. The number of aryl methyl sites for hydroxylation is 1. The Balaban J connectivity index is 3.03. The third kappa shape index (κ3) is 1.12. The van der Waals surface area contributed by atoms with E-state index < -0.39 is 0 Å². The maximum atomic E-state index is 11.5. The molecule has 0 saturated carbocycles. The van der Waals surface area contributed by atoms with Gasteiger partial charge in [-0.05, 0) is 13.0 Å². The average Bonchev–Trinajstić information content (AvgIpc) is 2.15. The van der Waals surface area contributed by atoms with Crippen molar-refractivity contribution in [3.8, 4) is 0 Å². The van der Waals surface area contributed by atoms with Crippen LogP contribution in [0.2, 0.25) is 0 Å². The van der Waals surface area contributed by atoms with Gasteiger partial charge in [0, 0.05) is 6.20 Å². The predicted molar refractivity (Wildman–Crippen MR) is 49.7 cm³/mol. The van der Waals surface area contributed by atoms with E-state index in [1.807, 2.05) is 0 Å². The van der Waals surface area contributed by atoms with Crippen LogP contribution < -0.4 is 5.56 Å². The summed E-state index contributed by atoms with van der Waals surface area (Å²) >= 11 is 0. The van der Waals surface area contributed by atoms with Gasteiger partial charge >= 0.3 is 0 Å². The molecule has 0 saturated heterocycles. The van der Waals surface area contributed by atoms with E-state index in [4.69, 9.17) is 7.98 Å². The molecule has 0 aromatic carbocycles. The van der Waals surface area contributed by atoms with Crippen LogP contribution in [0.15, 0.2) is 23.3 Å². The SMILES string of the molecule is [B]n1c(C)nc2cnccc2c1=O. The molecular weight excluding hydrogens is 165 g/mol. The quantitative estimate of drug-likeness (QED) is 0.525. The Kier molecular flexibility index (Phi) is 1.65. The van der Waals surface area contributed by atoms with Crippen LogP contribution in [-0.4, -0.2) is 22.4 Å². The van der Waals surface area contributed by atoms with Gasteiger partial charge in [-0.1, -0.05) is 0 Å². The second-order valence-electron chi connectivity index (χ2n) is 2.73. The first-order chi connectivity index (χ1) is 6.20. The molecule has 0 aliphatic carbocycles. The second kappa shape index (κ2) is 2.69. The van der Waals surface area contributed by atoms with Crippen molar-refractivity contribution < 1.29 is 0 Å². The monoisotopic (exact) mass is 171 g/mol. The number of nitrogens with zero attached hydrogens (tertiary/aromatic N) is 3. The van der Waals surface area contributed by atoms with E-state index in [0.29, 0.717) is 16.7 Å². The molecule has 2 aromatic heterocycles. The van der Waals surface area contributed by atoms with E-state index in [9.17, 15) is 4.79 Å². The largest absolute Gasteiger partial charge is 0.354 e. The molecule has 0 fully saturated rings. The third-order valence-electron chi connectivity index (χ3n) is 1.88. The van der Waals surface area contributed by atoms with Gasteiger partial charge in [0.05, 0.1) is 22.9 Å². The molecule has 2 heterocycles.